The van der Waals surface area contributed by atoms with Crippen LogP contribution in [-0.4, -0.2) is 23.1 Å². The number of benzene rings is 1. The van der Waals surface area contributed by atoms with E-state index in [2.05, 4.69) is 39.1 Å². The van der Waals surface area contributed by atoms with Gasteiger partial charge >= 0.3 is 0 Å². The van der Waals surface area contributed by atoms with Crippen molar-refractivity contribution in [1.29, 1.82) is 0 Å². The molecule has 0 aliphatic carbocycles. The van der Waals surface area contributed by atoms with Gasteiger partial charge < -0.3 is 4.90 Å². The molecule has 3 nitrogen and oxygen atoms in total. The van der Waals surface area contributed by atoms with Crippen LogP contribution in [0.5, 0.6) is 0 Å². The van der Waals surface area contributed by atoms with Crippen molar-refractivity contribution in [3.05, 3.63) is 52.4 Å². The Morgan fingerprint density at radius 3 is 2.30 bits per heavy atom. The SMILES string of the molecule is ClCc1c(Cl)ncnc1N1CCc2ccccc2CC1. The molecule has 0 unspecified atom stereocenters. The van der Waals surface area contributed by atoms with Crippen LogP contribution < -0.4 is 4.90 Å². The third-order valence-corrected chi connectivity index (χ3v) is 4.32. The fraction of sp³-hybridized carbons (Fsp3) is 0.333. The first-order chi connectivity index (χ1) is 9.79. The normalized spacial score (nSPS) is 14.8. The molecule has 3 rings (SSSR count). The zero-order chi connectivity index (χ0) is 13.9. The molecule has 0 saturated carbocycles. The summed E-state index contributed by atoms with van der Waals surface area (Å²) < 4.78 is 0. The Bertz CT molecular complexity index is 589. The average molecular weight is 308 g/mol. The Balaban J connectivity index is 1.89. The van der Waals surface area contributed by atoms with Gasteiger partial charge in [-0.05, 0) is 24.0 Å². The van der Waals surface area contributed by atoms with Crippen molar-refractivity contribution < 1.29 is 0 Å². The Morgan fingerprint density at radius 2 is 1.70 bits per heavy atom. The fourth-order valence-corrected chi connectivity index (χ4v) is 3.16. The van der Waals surface area contributed by atoms with E-state index in [1.165, 1.54) is 17.5 Å². The minimum absolute atomic E-state index is 0.332. The zero-order valence-corrected chi connectivity index (χ0v) is 12.5. The van der Waals surface area contributed by atoms with Gasteiger partial charge in [-0.3, -0.25) is 0 Å². The van der Waals surface area contributed by atoms with Gasteiger partial charge in [0.2, 0.25) is 0 Å². The van der Waals surface area contributed by atoms with E-state index in [0.717, 1.165) is 37.3 Å². The second-order valence-electron chi connectivity index (χ2n) is 4.86. The van der Waals surface area contributed by atoms with Crippen molar-refractivity contribution in [1.82, 2.24) is 9.97 Å². The Labute approximate surface area is 128 Å². The van der Waals surface area contributed by atoms with Crippen LogP contribution in [0.3, 0.4) is 0 Å². The van der Waals surface area contributed by atoms with Crippen molar-refractivity contribution in [2.24, 2.45) is 0 Å². The van der Waals surface area contributed by atoms with Crippen LogP contribution in [-0.2, 0) is 18.7 Å². The number of hydrogen-bond acceptors (Lipinski definition) is 3. The first-order valence-electron chi connectivity index (χ1n) is 6.66. The lowest BCUT2D eigenvalue weighted by Gasteiger charge is -2.23. The lowest BCUT2D eigenvalue weighted by Crippen LogP contribution is -2.28. The van der Waals surface area contributed by atoms with Crippen molar-refractivity contribution >= 4 is 29.0 Å². The highest BCUT2D eigenvalue weighted by atomic mass is 35.5. The van der Waals surface area contributed by atoms with Gasteiger partial charge in [0.1, 0.15) is 17.3 Å². The Morgan fingerprint density at radius 1 is 1.05 bits per heavy atom. The van der Waals surface area contributed by atoms with Gasteiger partial charge in [-0.2, -0.15) is 0 Å². The van der Waals surface area contributed by atoms with E-state index < -0.39 is 0 Å². The van der Waals surface area contributed by atoms with Crippen molar-refractivity contribution in [3.8, 4) is 0 Å². The van der Waals surface area contributed by atoms with Crippen molar-refractivity contribution in [2.45, 2.75) is 18.7 Å². The summed E-state index contributed by atoms with van der Waals surface area (Å²) >= 11 is 12.1. The third-order valence-electron chi connectivity index (χ3n) is 3.72. The lowest BCUT2D eigenvalue weighted by atomic mass is 10.0. The van der Waals surface area contributed by atoms with Gasteiger partial charge in [-0.15, -0.1) is 11.6 Å². The molecule has 2 heterocycles. The highest BCUT2D eigenvalue weighted by molar-refractivity contribution is 6.31. The molecule has 1 aromatic carbocycles. The molecule has 0 N–H and O–H groups in total. The highest BCUT2D eigenvalue weighted by Gasteiger charge is 2.19. The molecule has 1 aromatic heterocycles. The minimum Gasteiger partial charge on any atom is -0.356 e. The number of halogens is 2. The molecule has 0 spiro atoms. The van der Waals surface area contributed by atoms with Crippen molar-refractivity contribution in [3.63, 3.8) is 0 Å². The van der Waals surface area contributed by atoms with Crippen LogP contribution in [0.1, 0.15) is 16.7 Å². The largest absolute Gasteiger partial charge is 0.356 e. The molecule has 0 atom stereocenters. The second-order valence-corrected chi connectivity index (χ2v) is 5.48. The summed E-state index contributed by atoms with van der Waals surface area (Å²) in [5.74, 6) is 1.20. The van der Waals surface area contributed by atoms with Gasteiger partial charge in [0.25, 0.3) is 0 Å². The summed E-state index contributed by atoms with van der Waals surface area (Å²) in [5.41, 5.74) is 3.66. The number of anilines is 1. The number of fused-ring (bicyclic) bond motifs is 1. The lowest BCUT2D eigenvalue weighted by molar-refractivity contribution is 0.782. The summed E-state index contributed by atoms with van der Waals surface area (Å²) in [4.78, 5) is 10.7. The predicted molar refractivity (Wildman–Crippen MR) is 82.7 cm³/mol. The van der Waals surface area contributed by atoms with E-state index >= 15 is 0 Å². The standard InChI is InChI=1S/C15H15Cl2N3/c16-9-13-14(17)18-10-19-15(13)20-7-5-11-3-1-2-4-12(11)6-8-20/h1-4,10H,5-9H2. The monoisotopic (exact) mass is 307 g/mol. The number of hydrogen-bond donors (Lipinski definition) is 0. The number of alkyl halides is 1. The van der Waals surface area contributed by atoms with Gasteiger partial charge in [-0.1, -0.05) is 35.9 Å². The Hall–Kier alpha value is -1.32. The van der Waals surface area contributed by atoms with E-state index in [9.17, 15) is 0 Å². The summed E-state index contributed by atoms with van der Waals surface area (Å²) in [5, 5.41) is 0.451. The van der Waals surface area contributed by atoms with Gasteiger partial charge in [-0.25, -0.2) is 9.97 Å². The highest BCUT2D eigenvalue weighted by Crippen LogP contribution is 2.27. The maximum absolute atomic E-state index is 6.12. The van der Waals surface area contributed by atoms with Crippen LogP contribution in [0.15, 0.2) is 30.6 Å². The second kappa shape index (κ2) is 5.98. The molecule has 2 aromatic rings. The van der Waals surface area contributed by atoms with Crippen LogP contribution in [0.4, 0.5) is 5.82 Å². The van der Waals surface area contributed by atoms with Gasteiger partial charge in [0.05, 0.1) is 5.88 Å². The molecule has 0 saturated heterocycles. The van der Waals surface area contributed by atoms with Crippen LogP contribution in [0, 0.1) is 0 Å². The maximum atomic E-state index is 6.12. The Kier molecular flexibility index (Phi) is 4.08. The summed E-state index contributed by atoms with van der Waals surface area (Å²) in [6, 6.07) is 8.60. The number of nitrogens with zero attached hydrogens (tertiary/aromatic N) is 3. The van der Waals surface area contributed by atoms with Crippen LogP contribution >= 0.6 is 23.2 Å². The molecule has 0 radical (unpaired) electrons. The molecular weight excluding hydrogens is 293 g/mol. The molecule has 1 aliphatic rings. The molecule has 0 bridgehead atoms. The molecule has 5 heteroatoms. The molecule has 1 aliphatic heterocycles. The number of rotatable bonds is 2. The smallest absolute Gasteiger partial charge is 0.138 e. The molecule has 0 fully saturated rings. The van der Waals surface area contributed by atoms with E-state index in [1.807, 2.05) is 0 Å². The summed E-state index contributed by atoms with van der Waals surface area (Å²) in [7, 11) is 0. The fourth-order valence-electron chi connectivity index (χ4n) is 2.65. The van der Waals surface area contributed by atoms with Crippen molar-refractivity contribution in [2.75, 3.05) is 18.0 Å². The summed E-state index contributed by atoms with van der Waals surface area (Å²) in [6.07, 6.45) is 3.53. The first-order valence-corrected chi connectivity index (χ1v) is 7.58. The average Bonchev–Trinajstić information content (AvgIpc) is 2.69. The van der Waals surface area contributed by atoms with Crippen LogP contribution in [0.25, 0.3) is 0 Å². The zero-order valence-electron chi connectivity index (χ0n) is 11.0. The van der Waals surface area contributed by atoms with E-state index in [1.54, 1.807) is 0 Å². The molecule has 104 valence electrons. The number of aromatic nitrogens is 2. The maximum Gasteiger partial charge on any atom is 0.138 e. The molecule has 20 heavy (non-hydrogen) atoms. The quantitative estimate of drug-likeness (QED) is 0.628. The predicted octanol–water partition coefficient (Wildman–Crippen LogP) is 3.47. The molecular formula is C15H15Cl2N3. The first kappa shape index (κ1) is 13.7. The van der Waals surface area contributed by atoms with Gasteiger partial charge in [0, 0.05) is 18.7 Å². The van der Waals surface area contributed by atoms with E-state index in [4.69, 9.17) is 23.2 Å². The molecule has 0 amide bonds. The minimum atomic E-state index is 0.332. The third kappa shape index (κ3) is 2.60. The van der Waals surface area contributed by atoms with Gasteiger partial charge in [0.15, 0.2) is 0 Å². The topological polar surface area (TPSA) is 29.0 Å². The van der Waals surface area contributed by atoms with Crippen LogP contribution in [0.2, 0.25) is 5.15 Å². The van der Waals surface area contributed by atoms with E-state index in [0.29, 0.717) is 11.0 Å². The van der Waals surface area contributed by atoms with E-state index in [-0.39, 0.29) is 0 Å². The summed E-state index contributed by atoms with van der Waals surface area (Å²) in [6.45, 7) is 1.85.